The predicted octanol–water partition coefficient (Wildman–Crippen LogP) is 2.66. The Labute approximate surface area is 129 Å². The molecule has 4 nitrogen and oxygen atoms in total. The fraction of sp³-hybridized carbons (Fsp3) is 0.176. The van der Waals surface area contributed by atoms with Gasteiger partial charge in [-0.2, -0.15) is 10.5 Å². The van der Waals surface area contributed by atoms with E-state index in [1.807, 2.05) is 18.2 Å². The summed E-state index contributed by atoms with van der Waals surface area (Å²) >= 11 is 0. The topological polar surface area (TPSA) is 81.7 Å². The van der Waals surface area contributed by atoms with Crippen molar-refractivity contribution in [2.45, 2.75) is 16.1 Å². The van der Waals surface area contributed by atoms with E-state index < -0.39 is 26.4 Å². The van der Waals surface area contributed by atoms with Crippen molar-refractivity contribution in [2.75, 3.05) is 0 Å². The van der Waals surface area contributed by atoms with Gasteiger partial charge in [0.05, 0.1) is 17.0 Å². The number of nitrogens with zero attached hydrogens (tertiary/aromatic N) is 2. The predicted molar refractivity (Wildman–Crippen MR) is 80.3 cm³/mol. The average Bonchev–Trinajstić information content (AvgIpc) is 3.27. The second kappa shape index (κ2) is 4.98. The molecule has 1 aliphatic rings. The summed E-state index contributed by atoms with van der Waals surface area (Å²) in [5, 5.41) is 17.8. The molecular weight excluding hydrogens is 296 g/mol. The molecule has 0 radical (unpaired) electrons. The highest BCUT2D eigenvalue weighted by Gasteiger charge is 2.73. The first kappa shape index (κ1) is 14.3. The van der Waals surface area contributed by atoms with Gasteiger partial charge in [-0.15, -0.1) is 0 Å². The van der Waals surface area contributed by atoms with Crippen LogP contribution in [0.15, 0.2) is 65.6 Å². The van der Waals surface area contributed by atoms with Gasteiger partial charge >= 0.3 is 0 Å². The highest BCUT2D eigenvalue weighted by atomic mass is 32.2. The highest BCUT2D eigenvalue weighted by molar-refractivity contribution is 7.92. The standard InChI is InChI=1S/C17H12N2O2S/c18-11-17(12-19)15(13-7-3-1-4-8-13)16(17)22(20,21)14-9-5-2-6-10-14/h1-10,15-16H/t15-,16-/m1/s1. The molecule has 5 heteroatoms. The third kappa shape index (κ3) is 1.91. The van der Waals surface area contributed by atoms with E-state index in [1.165, 1.54) is 12.1 Å². The maximum Gasteiger partial charge on any atom is 0.184 e. The molecular formula is C17H12N2O2S. The van der Waals surface area contributed by atoms with E-state index >= 15 is 0 Å². The summed E-state index contributed by atoms with van der Waals surface area (Å²) in [5.41, 5.74) is -0.814. The van der Waals surface area contributed by atoms with Crippen molar-refractivity contribution in [2.24, 2.45) is 5.41 Å². The molecule has 1 saturated carbocycles. The number of nitriles is 2. The van der Waals surface area contributed by atoms with Crippen LogP contribution in [0.4, 0.5) is 0 Å². The largest absolute Gasteiger partial charge is 0.223 e. The molecule has 3 rings (SSSR count). The van der Waals surface area contributed by atoms with Gasteiger partial charge in [0, 0.05) is 5.92 Å². The van der Waals surface area contributed by atoms with Crippen molar-refractivity contribution in [3.05, 3.63) is 66.2 Å². The number of hydrogen-bond acceptors (Lipinski definition) is 4. The average molecular weight is 308 g/mol. The van der Waals surface area contributed by atoms with Crippen LogP contribution in [0.2, 0.25) is 0 Å². The Bertz CT molecular complexity index is 864. The zero-order valence-corrected chi connectivity index (χ0v) is 12.4. The lowest BCUT2D eigenvalue weighted by atomic mass is 10.0. The van der Waals surface area contributed by atoms with Crippen LogP contribution in [0.5, 0.6) is 0 Å². The summed E-state index contributed by atoms with van der Waals surface area (Å²) in [4.78, 5) is 0.147. The molecule has 0 aliphatic heterocycles. The van der Waals surface area contributed by atoms with Crippen molar-refractivity contribution >= 4 is 9.84 Å². The fourth-order valence-electron chi connectivity index (χ4n) is 2.93. The van der Waals surface area contributed by atoms with E-state index in [1.54, 1.807) is 42.5 Å². The minimum atomic E-state index is -3.74. The first-order chi connectivity index (χ1) is 10.6. The molecule has 1 fully saturated rings. The zero-order valence-electron chi connectivity index (χ0n) is 11.5. The SMILES string of the molecule is N#CC1(C#N)[C@H](c2ccccc2)[C@H]1S(=O)(=O)c1ccccc1. The maximum absolute atomic E-state index is 12.8. The van der Waals surface area contributed by atoms with Gasteiger partial charge in [0.25, 0.3) is 0 Å². The van der Waals surface area contributed by atoms with Crippen molar-refractivity contribution < 1.29 is 8.42 Å². The van der Waals surface area contributed by atoms with Crippen molar-refractivity contribution in [1.29, 1.82) is 10.5 Å². The maximum atomic E-state index is 12.8. The van der Waals surface area contributed by atoms with E-state index in [9.17, 15) is 18.9 Å². The second-order valence-corrected chi connectivity index (χ2v) is 7.33. The van der Waals surface area contributed by atoms with Crippen molar-refractivity contribution in [3.63, 3.8) is 0 Å². The van der Waals surface area contributed by atoms with Crippen LogP contribution in [0.3, 0.4) is 0 Å². The third-order valence-corrected chi connectivity index (χ3v) is 6.31. The summed E-state index contributed by atoms with van der Waals surface area (Å²) in [6.45, 7) is 0. The van der Waals surface area contributed by atoms with E-state index in [0.29, 0.717) is 5.56 Å². The van der Waals surface area contributed by atoms with Crippen LogP contribution in [0.25, 0.3) is 0 Å². The summed E-state index contributed by atoms with van der Waals surface area (Å²) in [6.07, 6.45) is 0. The minimum Gasteiger partial charge on any atom is -0.223 e. The lowest BCUT2D eigenvalue weighted by molar-refractivity contribution is 0.591. The van der Waals surface area contributed by atoms with Crippen molar-refractivity contribution in [1.82, 2.24) is 0 Å². The van der Waals surface area contributed by atoms with Crippen LogP contribution < -0.4 is 0 Å². The van der Waals surface area contributed by atoms with E-state index in [-0.39, 0.29) is 4.90 Å². The number of rotatable bonds is 3. The van der Waals surface area contributed by atoms with Crippen LogP contribution in [0.1, 0.15) is 11.5 Å². The molecule has 22 heavy (non-hydrogen) atoms. The van der Waals surface area contributed by atoms with Gasteiger partial charge in [-0.1, -0.05) is 48.5 Å². The first-order valence-corrected chi connectivity index (χ1v) is 8.29. The van der Waals surface area contributed by atoms with Gasteiger partial charge in [0.15, 0.2) is 15.3 Å². The third-order valence-electron chi connectivity index (χ3n) is 4.07. The van der Waals surface area contributed by atoms with Crippen LogP contribution in [0, 0.1) is 28.1 Å². The summed E-state index contributed by atoms with van der Waals surface area (Å²) in [6, 6.07) is 20.7. The van der Waals surface area contributed by atoms with Gasteiger partial charge in [-0.05, 0) is 17.7 Å². The first-order valence-electron chi connectivity index (χ1n) is 6.74. The molecule has 108 valence electrons. The number of sulfone groups is 1. The zero-order chi connectivity index (χ0) is 15.8. The molecule has 2 aromatic rings. The minimum absolute atomic E-state index is 0.147. The monoisotopic (exact) mass is 308 g/mol. The van der Waals surface area contributed by atoms with Crippen LogP contribution in [-0.2, 0) is 9.84 Å². The molecule has 0 bridgehead atoms. The van der Waals surface area contributed by atoms with Gasteiger partial charge in [0.2, 0.25) is 0 Å². The van der Waals surface area contributed by atoms with E-state index in [0.717, 1.165) is 0 Å². The van der Waals surface area contributed by atoms with Gasteiger partial charge in [-0.25, -0.2) is 8.42 Å². The Morgan fingerprint density at radius 1 is 0.864 bits per heavy atom. The Balaban J connectivity index is 2.11. The molecule has 1 aliphatic carbocycles. The Kier molecular flexibility index (Phi) is 3.24. The van der Waals surface area contributed by atoms with Crippen LogP contribution >= 0.6 is 0 Å². The number of hydrogen-bond donors (Lipinski definition) is 0. The molecule has 0 heterocycles. The molecule has 0 saturated heterocycles. The molecule has 0 aromatic heterocycles. The van der Waals surface area contributed by atoms with Gasteiger partial charge in [0.1, 0.15) is 5.25 Å². The number of benzene rings is 2. The summed E-state index contributed by atoms with van der Waals surface area (Å²) in [7, 11) is -3.74. The lowest BCUT2D eigenvalue weighted by Crippen LogP contribution is -2.14. The molecule has 2 atom stereocenters. The molecule has 2 aromatic carbocycles. The quantitative estimate of drug-likeness (QED) is 0.873. The summed E-state index contributed by atoms with van der Waals surface area (Å²) < 4.78 is 25.6. The Morgan fingerprint density at radius 2 is 1.36 bits per heavy atom. The molecule has 0 unspecified atom stereocenters. The van der Waals surface area contributed by atoms with Crippen LogP contribution in [-0.4, -0.2) is 13.7 Å². The normalized spacial score (nSPS) is 22.3. The molecule has 0 spiro atoms. The second-order valence-electron chi connectivity index (χ2n) is 5.26. The Morgan fingerprint density at radius 3 is 1.86 bits per heavy atom. The van der Waals surface area contributed by atoms with E-state index in [4.69, 9.17) is 0 Å². The van der Waals surface area contributed by atoms with Gasteiger partial charge in [-0.3, -0.25) is 0 Å². The fourth-order valence-corrected chi connectivity index (χ4v) is 5.15. The highest BCUT2D eigenvalue weighted by Crippen LogP contribution is 2.63. The Hall–Kier alpha value is -2.63. The molecule has 0 amide bonds. The van der Waals surface area contributed by atoms with Crippen molar-refractivity contribution in [3.8, 4) is 12.1 Å². The van der Waals surface area contributed by atoms with Gasteiger partial charge < -0.3 is 0 Å². The summed E-state index contributed by atoms with van der Waals surface area (Å²) in [5.74, 6) is -0.617. The van der Waals surface area contributed by atoms with E-state index in [2.05, 4.69) is 0 Å². The molecule has 0 N–H and O–H groups in total. The smallest absolute Gasteiger partial charge is 0.184 e. The lowest BCUT2D eigenvalue weighted by Gasteiger charge is -2.03.